The van der Waals surface area contributed by atoms with Gasteiger partial charge in [0, 0.05) is 13.0 Å². The Balaban J connectivity index is 1.82. The number of hydrogen-bond acceptors (Lipinski definition) is 4. The second-order valence-electron chi connectivity index (χ2n) is 4.90. The van der Waals surface area contributed by atoms with E-state index in [1.54, 1.807) is 0 Å². The van der Waals surface area contributed by atoms with Gasteiger partial charge in [-0.3, -0.25) is 9.69 Å². The molecule has 1 heterocycles. The van der Waals surface area contributed by atoms with Gasteiger partial charge in [-0.2, -0.15) is 5.26 Å². The minimum absolute atomic E-state index is 0.000520. The van der Waals surface area contributed by atoms with Crippen molar-refractivity contribution in [2.24, 2.45) is 0 Å². The van der Waals surface area contributed by atoms with E-state index >= 15 is 0 Å². The molecule has 1 aliphatic heterocycles. The van der Waals surface area contributed by atoms with E-state index in [0.717, 1.165) is 31.7 Å². The quantitative estimate of drug-likeness (QED) is 0.777. The topological polar surface area (TPSA) is 53.3 Å². The third-order valence-electron chi connectivity index (χ3n) is 3.26. The molecule has 0 N–H and O–H groups in total. The summed E-state index contributed by atoms with van der Waals surface area (Å²) in [5.74, 6) is 0.980. The predicted molar refractivity (Wildman–Crippen MR) is 72.1 cm³/mol. The molecule has 0 spiro atoms. The van der Waals surface area contributed by atoms with Gasteiger partial charge >= 0.3 is 0 Å². The molecule has 1 aromatic carbocycles. The molecule has 4 nitrogen and oxygen atoms in total. The average Bonchev–Trinajstić information content (AvgIpc) is 2.83. The van der Waals surface area contributed by atoms with Crippen LogP contribution in [0.15, 0.2) is 18.2 Å². The lowest BCUT2D eigenvalue weighted by Crippen LogP contribution is -2.27. The highest BCUT2D eigenvalue weighted by Crippen LogP contribution is 2.25. The Morgan fingerprint density at radius 3 is 3.16 bits per heavy atom. The molecule has 0 saturated carbocycles. The van der Waals surface area contributed by atoms with Crippen LogP contribution in [0.2, 0.25) is 0 Å². The molecule has 1 aliphatic rings. The largest absolute Gasteiger partial charge is 0.493 e. The molecule has 0 fully saturated rings. The van der Waals surface area contributed by atoms with E-state index in [1.807, 2.05) is 24.1 Å². The van der Waals surface area contributed by atoms with Gasteiger partial charge in [0.05, 0.1) is 25.6 Å². The molecule has 0 amide bonds. The second kappa shape index (κ2) is 6.35. The van der Waals surface area contributed by atoms with Gasteiger partial charge in [-0.15, -0.1) is 0 Å². The summed E-state index contributed by atoms with van der Waals surface area (Å²) in [6, 6.07) is 8.18. The number of fused-ring (bicyclic) bond motifs is 1. The lowest BCUT2D eigenvalue weighted by atomic mass is 10.1. The van der Waals surface area contributed by atoms with E-state index in [1.165, 1.54) is 11.1 Å². The molecule has 2 rings (SSSR count). The number of nitriles is 1. The molecule has 19 heavy (non-hydrogen) atoms. The zero-order chi connectivity index (χ0) is 13.7. The Morgan fingerprint density at radius 1 is 1.53 bits per heavy atom. The number of ketones is 1. The Hall–Kier alpha value is -1.86. The molecule has 0 bridgehead atoms. The summed E-state index contributed by atoms with van der Waals surface area (Å²) in [4.78, 5) is 13.3. The van der Waals surface area contributed by atoms with E-state index < -0.39 is 0 Å². The Labute approximate surface area is 113 Å². The van der Waals surface area contributed by atoms with E-state index in [2.05, 4.69) is 12.1 Å². The van der Waals surface area contributed by atoms with Crippen LogP contribution in [0.3, 0.4) is 0 Å². The molecular formula is C15H18N2O2. The fourth-order valence-electron chi connectivity index (χ4n) is 2.24. The fourth-order valence-corrected chi connectivity index (χ4v) is 2.24. The van der Waals surface area contributed by atoms with Crippen molar-refractivity contribution in [3.8, 4) is 11.8 Å². The van der Waals surface area contributed by atoms with Crippen LogP contribution in [0.5, 0.6) is 5.75 Å². The summed E-state index contributed by atoms with van der Waals surface area (Å²) in [7, 11) is 1.91. The van der Waals surface area contributed by atoms with Crippen LogP contribution in [0, 0.1) is 11.3 Å². The summed E-state index contributed by atoms with van der Waals surface area (Å²) in [6.45, 7) is 1.94. The molecule has 0 aromatic heterocycles. The first kappa shape index (κ1) is 13.6. The summed E-state index contributed by atoms with van der Waals surface area (Å²) >= 11 is 0. The standard InChI is InChI=1S/C15H18N2O2/c1-17(11-14(18)4-7-16)8-5-12-2-3-15-13(10-12)6-9-19-15/h2-3,10H,4-6,8-9,11H2,1H3. The average molecular weight is 258 g/mol. The molecule has 100 valence electrons. The molecule has 0 unspecified atom stereocenters. The molecular weight excluding hydrogens is 240 g/mol. The van der Waals surface area contributed by atoms with Crippen molar-refractivity contribution in [1.29, 1.82) is 5.26 Å². The smallest absolute Gasteiger partial charge is 0.160 e. The maximum Gasteiger partial charge on any atom is 0.160 e. The van der Waals surface area contributed by atoms with Crippen LogP contribution in [0.1, 0.15) is 17.5 Å². The highest BCUT2D eigenvalue weighted by molar-refractivity contribution is 5.82. The first-order valence-corrected chi connectivity index (χ1v) is 6.51. The van der Waals surface area contributed by atoms with Gasteiger partial charge in [-0.1, -0.05) is 12.1 Å². The maximum absolute atomic E-state index is 11.3. The normalized spacial score (nSPS) is 12.9. The Kier molecular flexibility index (Phi) is 4.53. The number of hydrogen-bond donors (Lipinski definition) is 0. The minimum atomic E-state index is -0.0210. The highest BCUT2D eigenvalue weighted by Gasteiger charge is 2.12. The number of likely N-dealkylation sites (N-methyl/N-ethyl adjacent to an activating group) is 1. The first-order chi connectivity index (χ1) is 9.19. The Bertz CT molecular complexity index is 505. The maximum atomic E-state index is 11.3. The summed E-state index contributed by atoms with van der Waals surface area (Å²) in [5, 5.41) is 8.45. The number of nitrogens with zero attached hydrogens (tertiary/aromatic N) is 2. The van der Waals surface area contributed by atoms with Crippen molar-refractivity contribution in [2.75, 3.05) is 26.7 Å². The molecule has 1 aromatic rings. The van der Waals surface area contributed by atoms with Crippen LogP contribution in [-0.2, 0) is 17.6 Å². The van der Waals surface area contributed by atoms with Gasteiger partial charge in [0.1, 0.15) is 5.75 Å². The Morgan fingerprint density at radius 2 is 2.37 bits per heavy atom. The van der Waals surface area contributed by atoms with Crippen LogP contribution in [0.4, 0.5) is 0 Å². The molecule has 0 radical (unpaired) electrons. The molecule has 0 saturated heterocycles. The minimum Gasteiger partial charge on any atom is -0.493 e. The van der Waals surface area contributed by atoms with E-state index in [0.29, 0.717) is 6.54 Å². The SMILES string of the molecule is CN(CCc1ccc2c(c1)CCO2)CC(=O)CC#N. The van der Waals surface area contributed by atoms with Crippen molar-refractivity contribution in [3.63, 3.8) is 0 Å². The first-order valence-electron chi connectivity index (χ1n) is 6.51. The van der Waals surface area contributed by atoms with Gasteiger partial charge in [0.2, 0.25) is 0 Å². The van der Waals surface area contributed by atoms with E-state index in [9.17, 15) is 4.79 Å². The second-order valence-corrected chi connectivity index (χ2v) is 4.90. The third-order valence-corrected chi connectivity index (χ3v) is 3.26. The zero-order valence-electron chi connectivity index (χ0n) is 11.2. The van der Waals surface area contributed by atoms with E-state index in [4.69, 9.17) is 10.00 Å². The van der Waals surface area contributed by atoms with Crippen molar-refractivity contribution in [2.45, 2.75) is 19.3 Å². The van der Waals surface area contributed by atoms with Crippen molar-refractivity contribution >= 4 is 5.78 Å². The summed E-state index contributed by atoms with van der Waals surface area (Å²) in [5.41, 5.74) is 2.55. The molecule has 4 heteroatoms. The van der Waals surface area contributed by atoms with Gasteiger partial charge < -0.3 is 4.74 Å². The number of benzene rings is 1. The third kappa shape index (κ3) is 3.80. The van der Waals surface area contributed by atoms with Gasteiger partial charge in [-0.05, 0) is 30.7 Å². The molecule has 0 aliphatic carbocycles. The van der Waals surface area contributed by atoms with Crippen molar-refractivity contribution in [3.05, 3.63) is 29.3 Å². The zero-order valence-corrected chi connectivity index (χ0v) is 11.2. The lowest BCUT2D eigenvalue weighted by Gasteiger charge is -2.15. The van der Waals surface area contributed by atoms with Gasteiger partial charge in [-0.25, -0.2) is 0 Å². The summed E-state index contributed by atoms with van der Waals surface area (Å²) in [6.07, 6.45) is 1.89. The number of carbonyl (C=O) groups excluding carboxylic acids is 1. The van der Waals surface area contributed by atoms with Crippen molar-refractivity contribution < 1.29 is 9.53 Å². The predicted octanol–water partition coefficient (Wildman–Crippen LogP) is 1.58. The van der Waals surface area contributed by atoms with Crippen LogP contribution in [-0.4, -0.2) is 37.4 Å². The monoisotopic (exact) mass is 258 g/mol. The van der Waals surface area contributed by atoms with Gasteiger partial charge in [0.25, 0.3) is 0 Å². The number of Topliss-reactive ketones (excluding diaryl/α,β-unsaturated/α-hetero) is 1. The number of carbonyl (C=O) groups is 1. The highest BCUT2D eigenvalue weighted by atomic mass is 16.5. The lowest BCUT2D eigenvalue weighted by molar-refractivity contribution is -0.118. The fraction of sp³-hybridized carbons (Fsp3) is 0.467. The van der Waals surface area contributed by atoms with E-state index in [-0.39, 0.29) is 12.2 Å². The van der Waals surface area contributed by atoms with Crippen LogP contribution in [0.25, 0.3) is 0 Å². The van der Waals surface area contributed by atoms with Gasteiger partial charge in [0.15, 0.2) is 5.78 Å². The van der Waals surface area contributed by atoms with Crippen LogP contribution < -0.4 is 4.74 Å². The number of ether oxygens (including phenoxy) is 1. The van der Waals surface area contributed by atoms with Crippen LogP contribution >= 0.6 is 0 Å². The molecule has 0 atom stereocenters. The van der Waals surface area contributed by atoms with Crippen molar-refractivity contribution in [1.82, 2.24) is 4.90 Å². The number of rotatable bonds is 6. The summed E-state index contributed by atoms with van der Waals surface area (Å²) < 4.78 is 5.47.